The minimum atomic E-state index is -0.337. The lowest BCUT2D eigenvalue weighted by molar-refractivity contribution is -0.385. The van der Waals surface area contributed by atoms with Crippen molar-refractivity contribution >= 4 is 17.0 Å². The average Bonchev–Trinajstić information content (AvgIpc) is 3.11. The Morgan fingerprint density at radius 3 is 2.59 bits per heavy atom. The monoisotopic (exact) mass is 382 g/mol. The largest absolute Gasteiger partial charge is 0.272 e. The van der Waals surface area contributed by atoms with E-state index in [1.807, 2.05) is 24.6 Å². The molecule has 3 aromatic rings. The molecule has 0 aliphatic carbocycles. The van der Waals surface area contributed by atoms with Crippen LogP contribution in [0.4, 0.5) is 5.69 Å². The molecule has 0 bridgehead atoms. The second-order valence-electron chi connectivity index (χ2n) is 6.62. The van der Waals surface area contributed by atoms with Gasteiger partial charge in [-0.15, -0.1) is 11.3 Å². The van der Waals surface area contributed by atoms with Crippen LogP contribution >= 0.6 is 11.3 Å². The quantitative estimate of drug-likeness (QED) is 0.421. The lowest BCUT2D eigenvalue weighted by Crippen LogP contribution is -1.98. The van der Waals surface area contributed by atoms with Crippen molar-refractivity contribution in [2.75, 3.05) is 0 Å². The second kappa shape index (κ2) is 8.35. The van der Waals surface area contributed by atoms with Gasteiger partial charge in [0.2, 0.25) is 0 Å². The Morgan fingerprint density at radius 2 is 1.93 bits per heavy atom. The highest BCUT2D eigenvalue weighted by atomic mass is 32.1. The number of nitrogens with zero attached hydrogens (tertiary/aromatic N) is 4. The fourth-order valence-electron chi connectivity index (χ4n) is 2.89. The zero-order valence-corrected chi connectivity index (χ0v) is 16.5. The van der Waals surface area contributed by atoms with Gasteiger partial charge in [0.15, 0.2) is 0 Å². The van der Waals surface area contributed by atoms with Crippen molar-refractivity contribution in [1.29, 1.82) is 0 Å². The molecule has 0 radical (unpaired) electrons. The van der Waals surface area contributed by atoms with Gasteiger partial charge in [-0.3, -0.25) is 20.1 Å². The van der Waals surface area contributed by atoms with Crippen LogP contribution in [0, 0.1) is 24.0 Å². The van der Waals surface area contributed by atoms with E-state index in [1.165, 1.54) is 0 Å². The maximum atomic E-state index is 11.1. The number of hydrogen-bond donors (Lipinski definition) is 0. The van der Waals surface area contributed by atoms with Crippen LogP contribution in [0.2, 0.25) is 0 Å². The minimum absolute atomic E-state index is 0.162. The van der Waals surface area contributed by atoms with E-state index >= 15 is 0 Å². The molecule has 0 atom stereocenters. The summed E-state index contributed by atoms with van der Waals surface area (Å²) < 4.78 is 0. The summed E-state index contributed by atoms with van der Waals surface area (Å²) in [6, 6.07) is 3.52. The van der Waals surface area contributed by atoms with Crippen LogP contribution in [0.3, 0.4) is 0 Å². The fraction of sp³-hybridized carbons (Fsp3) is 0.350. The molecule has 0 spiro atoms. The third-order valence-corrected chi connectivity index (χ3v) is 5.35. The number of nitro groups is 1. The molecule has 0 N–H and O–H groups in total. The third-order valence-electron chi connectivity index (χ3n) is 4.50. The molecule has 1 aromatic carbocycles. The number of aryl methyl sites for hydroxylation is 3. The number of unbranched alkanes of at least 4 members (excludes halogenated alkanes) is 1. The molecule has 0 amide bonds. The summed E-state index contributed by atoms with van der Waals surface area (Å²) in [6.07, 6.45) is 7.46. The Bertz CT molecular complexity index is 951. The first-order chi connectivity index (χ1) is 13.0. The molecule has 0 unspecified atom stereocenters. The zero-order valence-electron chi connectivity index (χ0n) is 15.7. The second-order valence-corrected chi connectivity index (χ2v) is 7.56. The van der Waals surface area contributed by atoms with Crippen LogP contribution in [0.1, 0.15) is 47.2 Å². The van der Waals surface area contributed by atoms with Gasteiger partial charge in [0.05, 0.1) is 21.8 Å². The van der Waals surface area contributed by atoms with Gasteiger partial charge in [-0.2, -0.15) is 0 Å². The Balaban J connectivity index is 1.76. The van der Waals surface area contributed by atoms with E-state index in [1.54, 1.807) is 30.5 Å². The van der Waals surface area contributed by atoms with Crippen molar-refractivity contribution < 1.29 is 4.92 Å². The predicted octanol–water partition coefficient (Wildman–Crippen LogP) is 5.06. The van der Waals surface area contributed by atoms with Gasteiger partial charge in [0.25, 0.3) is 5.69 Å². The fourth-order valence-corrected chi connectivity index (χ4v) is 3.71. The molecule has 0 saturated heterocycles. The van der Waals surface area contributed by atoms with Crippen molar-refractivity contribution in [3.05, 3.63) is 67.4 Å². The number of benzene rings is 1. The van der Waals surface area contributed by atoms with E-state index in [0.29, 0.717) is 12.0 Å². The lowest BCUT2D eigenvalue weighted by Gasteiger charge is -2.06. The molecular weight excluding hydrogens is 360 g/mol. The summed E-state index contributed by atoms with van der Waals surface area (Å²) >= 11 is 1.57. The summed E-state index contributed by atoms with van der Waals surface area (Å²) in [6.45, 7) is 5.83. The van der Waals surface area contributed by atoms with Crippen molar-refractivity contribution in [2.45, 2.75) is 46.5 Å². The lowest BCUT2D eigenvalue weighted by atomic mass is 10.0. The molecule has 6 nitrogen and oxygen atoms in total. The third kappa shape index (κ3) is 4.54. The molecule has 2 heterocycles. The Labute approximate surface area is 162 Å². The molecule has 140 valence electrons. The molecule has 27 heavy (non-hydrogen) atoms. The Kier molecular flexibility index (Phi) is 5.91. The van der Waals surface area contributed by atoms with Crippen molar-refractivity contribution in [2.24, 2.45) is 0 Å². The Hall–Kier alpha value is -2.67. The van der Waals surface area contributed by atoms with E-state index in [0.717, 1.165) is 52.5 Å². The van der Waals surface area contributed by atoms with Crippen LogP contribution in [0.5, 0.6) is 0 Å². The molecular formula is C20H22N4O2S. The highest BCUT2D eigenvalue weighted by Crippen LogP contribution is 2.27. The van der Waals surface area contributed by atoms with E-state index in [2.05, 4.69) is 21.9 Å². The first-order valence-electron chi connectivity index (χ1n) is 8.98. The van der Waals surface area contributed by atoms with Gasteiger partial charge in [-0.1, -0.05) is 13.3 Å². The van der Waals surface area contributed by atoms with Crippen molar-refractivity contribution in [3.63, 3.8) is 0 Å². The Morgan fingerprint density at radius 1 is 1.11 bits per heavy atom. The normalized spacial score (nSPS) is 10.9. The van der Waals surface area contributed by atoms with Gasteiger partial charge >= 0.3 is 0 Å². The summed E-state index contributed by atoms with van der Waals surface area (Å²) in [4.78, 5) is 24.4. The zero-order chi connectivity index (χ0) is 19.4. The van der Waals surface area contributed by atoms with Crippen molar-refractivity contribution in [3.8, 4) is 11.4 Å². The summed E-state index contributed by atoms with van der Waals surface area (Å²) in [5.41, 5.74) is 5.40. The highest BCUT2D eigenvalue weighted by Gasteiger charge is 2.15. The molecule has 3 rings (SSSR count). The van der Waals surface area contributed by atoms with Gasteiger partial charge in [0.1, 0.15) is 11.4 Å². The number of aromatic nitrogens is 3. The number of hydrogen-bond acceptors (Lipinski definition) is 6. The predicted molar refractivity (Wildman–Crippen MR) is 107 cm³/mol. The molecule has 0 aliphatic rings. The van der Waals surface area contributed by atoms with Crippen molar-refractivity contribution in [1.82, 2.24) is 15.0 Å². The standard InChI is InChI=1S/C20H22N4O2S/c1-4-5-6-16-10-22-17(11-21-16)18-12-27-20(23-18)9-15-7-14(3)19(24(25)26)8-13(15)2/h7-8,10-12H,4-6,9H2,1-3H3. The maximum Gasteiger partial charge on any atom is 0.272 e. The van der Waals surface area contributed by atoms with E-state index < -0.39 is 0 Å². The van der Waals surface area contributed by atoms with Crippen LogP contribution in [-0.4, -0.2) is 19.9 Å². The van der Waals surface area contributed by atoms with E-state index in [9.17, 15) is 10.1 Å². The van der Waals surface area contributed by atoms with Gasteiger partial charge in [0, 0.05) is 29.6 Å². The first kappa shape index (κ1) is 19.1. The molecule has 7 heteroatoms. The summed E-state index contributed by atoms with van der Waals surface area (Å²) in [5, 5.41) is 14.0. The number of thiazole rings is 1. The highest BCUT2D eigenvalue weighted by molar-refractivity contribution is 7.10. The smallest absolute Gasteiger partial charge is 0.258 e. The van der Waals surface area contributed by atoms with Gasteiger partial charge < -0.3 is 0 Å². The summed E-state index contributed by atoms with van der Waals surface area (Å²) in [7, 11) is 0. The SMILES string of the molecule is CCCCc1cnc(-c2csc(Cc3cc(C)c([N+](=O)[O-])cc3C)n2)cn1. The number of nitro benzene ring substituents is 1. The minimum Gasteiger partial charge on any atom is -0.258 e. The molecule has 0 aliphatic heterocycles. The molecule has 0 saturated carbocycles. The molecule has 0 fully saturated rings. The summed E-state index contributed by atoms with van der Waals surface area (Å²) in [5.74, 6) is 0. The van der Waals surface area contributed by atoms with Gasteiger partial charge in [-0.25, -0.2) is 4.98 Å². The average molecular weight is 382 g/mol. The molecule has 2 aromatic heterocycles. The van der Waals surface area contributed by atoms with Crippen LogP contribution in [0.25, 0.3) is 11.4 Å². The van der Waals surface area contributed by atoms with Crippen LogP contribution in [0.15, 0.2) is 29.9 Å². The van der Waals surface area contributed by atoms with Crippen LogP contribution < -0.4 is 0 Å². The number of rotatable bonds is 7. The maximum absolute atomic E-state index is 11.1. The van der Waals surface area contributed by atoms with E-state index in [-0.39, 0.29) is 10.6 Å². The van der Waals surface area contributed by atoms with Crippen LogP contribution in [-0.2, 0) is 12.8 Å². The topological polar surface area (TPSA) is 81.8 Å². The first-order valence-corrected chi connectivity index (χ1v) is 9.86. The van der Waals surface area contributed by atoms with Gasteiger partial charge in [-0.05, 0) is 43.9 Å². The van der Waals surface area contributed by atoms with E-state index in [4.69, 9.17) is 0 Å².